The largest absolute Gasteiger partial charge is 0.508 e. The van der Waals surface area contributed by atoms with E-state index < -0.39 is 0 Å². The first-order chi connectivity index (χ1) is 16.8. The highest BCUT2D eigenvalue weighted by atomic mass is 16.5. The van der Waals surface area contributed by atoms with Crippen LogP contribution in [0.15, 0.2) is 66.7 Å². The molecule has 3 aromatic rings. The predicted molar refractivity (Wildman–Crippen MR) is 135 cm³/mol. The zero-order valence-electron chi connectivity index (χ0n) is 20.2. The van der Waals surface area contributed by atoms with Crippen molar-refractivity contribution in [3.8, 4) is 5.75 Å². The number of ether oxygens (including phenoxy) is 1. The number of amides is 1. The number of nitrogens with one attached hydrogen (secondary N) is 1. The van der Waals surface area contributed by atoms with Crippen LogP contribution >= 0.6 is 0 Å². The number of fused-ring (bicyclic) bond motifs is 2. The van der Waals surface area contributed by atoms with Crippen molar-refractivity contribution in [2.45, 2.75) is 43.7 Å². The Morgan fingerprint density at radius 2 is 1.86 bits per heavy atom. The van der Waals surface area contributed by atoms with Crippen LogP contribution in [0.3, 0.4) is 0 Å². The molecule has 1 unspecified atom stereocenters. The van der Waals surface area contributed by atoms with E-state index in [1.54, 1.807) is 6.07 Å². The molecule has 2 fully saturated rings. The molecular formula is C29H32N2O4. The summed E-state index contributed by atoms with van der Waals surface area (Å²) < 4.78 is 5.88. The van der Waals surface area contributed by atoms with E-state index in [9.17, 15) is 14.7 Å². The van der Waals surface area contributed by atoms with Crippen LogP contribution in [0.4, 0.5) is 0 Å². The van der Waals surface area contributed by atoms with Crippen molar-refractivity contribution >= 4 is 22.6 Å². The van der Waals surface area contributed by atoms with Gasteiger partial charge in [0, 0.05) is 42.8 Å². The normalized spacial score (nSPS) is 26.6. The molecule has 0 spiro atoms. The molecule has 6 heteroatoms. The maximum absolute atomic E-state index is 13.3. The van der Waals surface area contributed by atoms with Crippen LogP contribution < -0.4 is 5.32 Å². The average Bonchev–Trinajstić information content (AvgIpc) is 2.84. The number of aromatic hydroxyl groups is 1. The van der Waals surface area contributed by atoms with Gasteiger partial charge in [-0.2, -0.15) is 0 Å². The van der Waals surface area contributed by atoms with Crippen LogP contribution in [-0.4, -0.2) is 54.2 Å². The second-order valence-corrected chi connectivity index (χ2v) is 10.1. The monoisotopic (exact) mass is 472 g/mol. The lowest BCUT2D eigenvalue weighted by Crippen LogP contribution is -2.61. The first-order valence-electron chi connectivity index (χ1n) is 12.3. The van der Waals surface area contributed by atoms with Crippen molar-refractivity contribution in [3.05, 3.63) is 77.9 Å². The number of carbonyl (C=O) groups is 2. The highest BCUT2D eigenvalue weighted by Gasteiger charge is 2.53. The quantitative estimate of drug-likeness (QED) is 0.555. The number of carbonyl (C=O) groups excluding carboxylic acids is 2. The van der Waals surface area contributed by atoms with Gasteiger partial charge in [0.05, 0.1) is 0 Å². The van der Waals surface area contributed by atoms with Crippen molar-refractivity contribution < 1.29 is 19.4 Å². The molecule has 1 amide bonds. The number of phenolic OH excluding ortho intramolecular Hbond substituents is 1. The Bertz CT molecular complexity index is 1260. The van der Waals surface area contributed by atoms with E-state index in [1.807, 2.05) is 54.6 Å². The predicted octanol–water partition coefficient (Wildman–Crippen LogP) is 4.26. The lowest BCUT2D eigenvalue weighted by atomic mass is 9.57. The zero-order chi connectivity index (χ0) is 24.6. The van der Waals surface area contributed by atoms with E-state index in [0.717, 1.165) is 42.3 Å². The molecule has 1 saturated carbocycles. The average molecular weight is 473 g/mol. The van der Waals surface area contributed by atoms with Crippen LogP contribution in [0, 0.1) is 5.92 Å². The van der Waals surface area contributed by atoms with E-state index >= 15 is 0 Å². The Morgan fingerprint density at radius 1 is 1.06 bits per heavy atom. The Balaban J connectivity index is 1.48. The van der Waals surface area contributed by atoms with Crippen LogP contribution in [-0.2, 0) is 14.9 Å². The highest BCUT2D eigenvalue weighted by molar-refractivity contribution is 5.98. The third kappa shape index (κ3) is 4.63. The topological polar surface area (TPSA) is 78.9 Å². The number of likely N-dealkylation sites (tertiary alicyclic amines) is 1. The molecule has 0 aromatic heterocycles. The molecule has 1 aliphatic carbocycles. The molecule has 0 radical (unpaired) electrons. The molecule has 1 saturated heterocycles. The Morgan fingerprint density at radius 3 is 2.63 bits per heavy atom. The first-order valence-corrected chi connectivity index (χ1v) is 12.3. The number of hydrogen-bond donors (Lipinski definition) is 2. The van der Waals surface area contributed by atoms with Crippen molar-refractivity contribution in [1.82, 2.24) is 10.2 Å². The van der Waals surface area contributed by atoms with Gasteiger partial charge in [-0.15, -0.1) is 0 Å². The first kappa shape index (κ1) is 23.4. The number of hydrogen-bond acceptors (Lipinski definition) is 5. The molecule has 1 heterocycles. The summed E-state index contributed by atoms with van der Waals surface area (Å²) in [6.07, 6.45) is 1.83. The number of benzene rings is 3. The van der Waals surface area contributed by atoms with E-state index in [2.05, 4.69) is 23.3 Å². The lowest BCUT2D eigenvalue weighted by Gasteiger charge is -2.55. The molecule has 3 aromatic carbocycles. The second-order valence-electron chi connectivity index (χ2n) is 10.1. The smallest absolute Gasteiger partial charge is 0.302 e. The van der Waals surface area contributed by atoms with Crippen molar-refractivity contribution in [1.29, 1.82) is 0 Å². The molecular weight excluding hydrogens is 440 g/mol. The van der Waals surface area contributed by atoms with Crippen molar-refractivity contribution in [2.75, 3.05) is 20.1 Å². The van der Waals surface area contributed by atoms with E-state index in [0.29, 0.717) is 12.0 Å². The van der Waals surface area contributed by atoms with Crippen LogP contribution in [0.25, 0.3) is 10.8 Å². The molecule has 2 aliphatic rings. The Kier molecular flexibility index (Phi) is 6.24. The standard InChI is InChI=1S/C29H32N2O4/c1-19(32)35-27-16-24(30-28(34)22-11-10-20-6-3-4-7-21(20)14-22)17-29(12-13-31(2)18-26(27)29)23-8-5-9-25(33)15-23/h3-11,14-15,24,26-27,33H,12-13,16-18H2,1-2H3,(H,30,34)/t24-,26+,27?,29+/m1/s1. The third-order valence-electron chi connectivity index (χ3n) is 7.82. The van der Waals surface area contributed by atoms with Gasteiger partial charge in [-0.3, -0.25) is 9.59 Å². The fourth-order valence-corrected chi connectivity index (χ4v) is 6.22. The number of nitrogens with zero attached hydrogens (tertiary/aromatic N) is 1. The van der Waals surface area contributed by atoms with Crippen LogP contribution in [0.5, 0.6) is 5.75 Å². The third-order valence-corrected chi connectivity index (χ3v) is 7.82. The van der Waals surface area contributed by atoms with Crippen molar-refractivity contribution in [3.63, 3.8) is 0 Å². The SMILES string of the molecule is CC(=O)OC1C[C@@H](NC(=O)c2ccc3ccccc3c2)C[C@]2(c3cccc(O)c3)CCN(C)C[C@@H]12. The van der Waals surface area contributed by atoms with Gasteiger partial charge >= 0.3 is 5.97 Å². The van der Waals surface area contributed by atoms with E-state index in [4.69, 9.17) is 4.74 Å². The maximum Gasteiger partial charge on any atom is 0.302 e. The molecule has 5 rings (SSSR count). The highest BCUT2D eigenvalue weighted by Crippen LogP contribution is 2.50. The minimum atomic E-state index is -0.326. The Hall–Kier alpha value is -3.38. The minimum Gasteiger partial charge on any atom is -0.508 e. The fourth-order valence-electron chi connectivity index (χ4n) is 6.22. The summed E-state index contributed by atoms with van der Waals surface area (Å²) >= 11 is 0. The van der Waals surface area contributed by atoms with E-state index in [-0.39, 0.29) is 41.1 Å². The number of esters is 1. The summed E-state index contributed by atoms with van der Waals surface area (Å²) in [5.41, 5.74) is 1.34. The zero-order valence-corrected chi connectivity index (χ0v) is 20.2. The minimum absolute atomic E-state index is 0.0702. The maximum atomic E-state index is 13.3. The number of piperidine rings is 1. The lowest BCUT2D eigenvalue weighted by molar-refractivity contribution is -0.156. The molecule has 1 aliphatic heterocycles. The molecule has 0 bridgehead atoms. The fraction of sp³-hybridized carbons (Fsp3) is 0.379. The Labute approximate surface area is 205 Å². The molecule has 4 atom stereocenters. The molecule has 182 valence electrons. The summed E-state index contributed by atoms with van der Waals surface area (Å²) in [5.74, 6) is -0.143. The van der Waals surface area contributed by atoms with Crippen molar-refractivity contribution in [2.24, 2.45) is 5.92 Å². The summed E-state index contributed by atoms with van der Waals surface area (Å²) in [4.78, 5) is 27.7. The van der Waals surface area contributed by atoms with Crippen LogP contribution in [0.1, 0.15) is 42.1 Å². The molecule has 6 nitrogen and oxygen atoms in total. The van der Waals surface area contributed by atoms with Gasteiger partial charge in [0.1, 0.15) is 11.9 Å². The van der Waals surface area contributed by atoms with Crippen LogP contribution in [0.2, 0.25) is 0 Å². The summed E-state index contributed by atoms with van der Waals surface area (Å²) in [6.45, 7) is 3.13. The summed E-state index contributed by atoms with van der Waals surface area (Å²) in [5, 5.41) is 15.6. The van der Waals surface area contributed by atoms with Gasteiger partial charge in [-0.1, -0.05) is 42.5 Å². The second kappa shape index (κ2) is 9.34. The summed E-state index contributed by atoms with van der Waals surface area (Å²) in [7, 11) is 2.09. The van der Waals surface area contributed by atoms with E-state index in [1.165, 1.54) is 6.92 Å². The van der Waals surface area contributed by atoms with Gasteiger partial charge in [-0.25, -0.2) is 0 Å². The summed E-state index contributed by atoms with van der Waals surface area (Å²) in [6, 6.07) is 21.0. The molecule has 35 heavy (non-hydrogen) atoms. The van der Waals surface area contributed by atoms with Gasteiger partial charge in [0.15, 0.2) is 0 Å². The number of phenols is 1. The molecule has 2 N–H and O–H groups in total. The van der Waals surface area contributed by atoms with Gasteiger partial charge in [-0.05, 0) is 67.0 Å². The van der Waals surface area contributed by atoms with Gasteiger partial charge < -0.3 is 20.1 Å². The van der Waals surface area contributed by atoms with Gasteiger partial charge in [0.25, 0.3) is 5.91 Å². The number of rotatable bonds is 4. The van der Waals surface area contributed by atoms with Gasteiger partial charge in [0.2, 0.25) is 0 Å².